The first kappa shape index (κ1) is 18.1. The number of likely N-dealkylation sites (tertiary alicyclic amines) is 1. The summed E-state index contributed by atoms with van der Waals surface area (Å²) in [5.74, 6) is 3.99. The molecule has 0 spiro atoms. The van der Waals surface area contributed by atoms with E-state index in [2.05, 4.69) is 36.1 Å². The van der Waals surface area contributed by atoms with Crippen LogP contribution < -0.4 is 9.47 Å². The Morgan fingerprint density at radius 3 is 2.57 bits per heavy atom. The van der Waals surface area contributed by atoms with Crippen LogP contribution in [0.1, 0.15) is 37.3 Å². The lowest BCUT2D eigenvalue weighted by Gasteiger charge is -2.57. The minimum absolute atomic E-state index is 0.0712. The lowest BCUT2D eigenvalue weighted by atomic mass is 9.53. The van der Waals surface area contributed by atoms with E-state index in [1.54, 1.807) is 26.9 Å². The maximum Gasteiger partial charge on any atom is 0.165 e. The Labute approximate surface area is 168 Å². The Hall–Kier alpha value is -1.94. The molecule has 1 saturated heterocycles. The Balaban J connectivity index is 1.72. The van der Waals surface area contributed by atoms with E-state index >= 15 is 0 Å². The number of ether oxygens (including phenoxy) is 3. The van der Waals surface area contributed by atoms with E-state index in [1.165, 1.54) is 30.5 Å². The zero-order valence-corrected chi connectivity index (χ0v) is 17.5. The van der Waals surface area contributed by atoms with Gasteiger partial charge in [-0.1, -0.05) is 19.1 Å². The second-order valence-corrected chi connectivity index (χ2v) is 8.83. The van der Waals surface area contributed by atoms with E-state index in [4.69, 9.17) is 14.2 Å². The summed E-state index contributed by atoms with van der Waals surface area (Å²) in [5, 5.41) is 0. The van der Waals surface area contributed by atoms with Crippen LogP contribution in [-0.2, 0) is 16.6 Å². The summed E-state index contributed by atoms with van der Waals surface area (Å²) in [5.41, 5.74) is 4.22. The highest BCUT2D eigenvalue weighted by molar-refractivity contribution is 5.63. The van der Waals surface area contributed by atoms with E-state index in [1.807, 2.05) is 0 Å². The smallest absolute Gasteiger partial charge is 0.165 e. The molecule has 1 aromatic carbocycles. The maximum absolute atomic E-state index is 5.96. The molecule has 1 aromatic rings. The third kappa shape index (κ3) is 2.40. The van der Waals surface area contributed by atoms with Crippen LogP contribution in [0.2, 0.25) is 0 Å². The molecule has 0 amide bonds. The van der Waals surface area contributed by atoms with Crippen LogP contribution in [0.15, 0.2) is 35.6 Å². The number of fused-ring (bicyclic) bond motifs is 1. The minimum Gasteiger partial charge on any atom is -0.501 e. The Morgan fingerprint density at radius 2 is 1.89 bits per heavy atom. The third-order valence-electron chi connectivity index (χ3n) is 7.62. The number of nitrogens with zero attached hydrogens (tertiary/aromatic N) is 1. The monoisotopic (exact) mass is 381 g/mol. The van der Waals surface area contributed by atoms with Gasteiger partial charge in [0, 0.05) is 29.5 Å². The Kier molecular flexibility index (Phi) is 4.24. The zero-order valence-electron chi connectivity index (χ0n) is 17.5. The second-order valence-electron chi connectivity index (χ2n) is 8.83. The zero-order chi connectivity index (χ0) is 19.5. The fourth-order valence-corrected chi connectivity index (χ4v) is 6.06. The van der Waals surface area contributed by atoms with Crippen molar-refractivity contribution in [2.75, 3.05) is 34.4 Å². The molecular weight excluding hydrogens is 350 g/mol. The number of hydrogen-bond acceptors (Lipinski definition) is 4. The Morgan fingerprint density at radius 1 is 1.07 bits per heavy atom. The molecule has 0 N–H and O–H groups in total. The summed E-state index contributed by atoms with van der Waals surface area (Å²) >= 11 is 0. The highest BCUT2D eigenvalue weighted by Gasteiger charge is 2.56. The summed E-state index contributed by atoms with van der Waals surface area (Å²) in [6.45, 7) is 4.71. The lowest BCUT2D eigenvalue weighted by molar-refractivity contribution is 0.0917. The summed E-state index contributed by atoms with van der Waals surface area (Å²) in [7, 11) is 5.30. The predicted molar refractivity (Wildman–Crippen MR) is 110 cm³/mol. The number of benzene rings is 1. The lowest BCUT2D eigenvalue weighted by Crippen LogP contribution is -2.58. The Bertz CT molecular complexity index is 854. The van der Waals surface area contributed by atoms with Crippen molar-refractivity contribution >= 4 is 0 Å². The van der Waals surface area contributed by atoms with Crippen LogP contribution in [0.25, 0.3) is 0 Å². The van der Waals surface area contributed by atoms with E-state index < -0.39 is 0 Å². The van der Waals surface area contributed by atoms with Crippen molar-refractivity contribution in [2.45, 2.75) is 44.1 Å². The average Bonchev–Trinajstić information content (AvgIpc) is 3.53. The van der Waals surface area contributed by atoms with Crippen molar-refractivity contribution in [1.82, 2.24) is 4.90 Å². The number of allylic oxidation sites excluding steroid dienone is 3. The molecule has 0 radical (unpaired) electrons. The van der Waals surface area contributed by atoms with Gasteiger partial charge >= 0.3 is 0 Å². The van der Waals surface area contributed by atoms with Gasteiger partial charge in [0.2, 0.25) is 0 Å². The normalized spacial score (nSPS) is 31.3. The molecule has 1 heterocycles. The van der Waals surface area contributed by atoms with Crippen molar-refractivity contribution in [2.24, 2.45) is 11.8 Å². The first-order chi connectivity index (χ1) is 13.6. The van der Waals surface area contributed by atoms with E-state index in [9.17, 15) is 0 Å². The van der Waals surface area contributed by atoms with Gasteiger partial charge in [-0.3, -0.25) is 4.90 Å². The van der Waals surface area contributed by atoms with Gasteiger partial charge in [-0.15, -0.1) is 0 Å². The molecule has 2 bridgehead atoms. The highest BCUT2D eigenvalue weighted by Crippen LogP contribution is 2.60. The molecule has 4 nitrogen and oxygen atoms in total. The van der Waals surface area contributed by atoms with Crippen LogP contribution in [-0.4, -0.2) is 45.4 Å². The summed E-state index contributed by atoms with van der Waals surface area (Å²) in [6, 6.07) is 4.82. The molecule has 4 heteroatoms. The molecule has 0 aromatic heterocycles. The van der Waals surface area contributed by atoms with Crippen LogP contribution in [0, 0.1) is 11.8 Å². The van der Waals surface area contributed by atoms with Crippen molar-refractivity contribution in [3.8, 4) is 11.5 Å². The fourth-order valence-electron chi connectivity index (χ4n) is 6.06. The first-order valence-corrected chi connectivity index (χ1v) is 10.6. The first-order valence-electron chi connectivity index (χ1n) is 10.6. The van der Waals surface area contributed by atoms with Gasteiger partial charge in [-0.25, -0.2) is 0 Å². The van der Waals surface area contributed by atoms with Crippen molar-refractivity contribution < 1.29 is 14.2 Å². The van der Waals surface area contributed by atoms with Gasteiger partial charge in [0.15, 0.2) is 11.5 Å². The van der Waals surface area contributed by atoms with Gasteiger partial charge in [0.25, 0.3) is 0 Å². The number of methoxy groups -OCH3 is 3. The molecule has 5 rings (SSSR count). The molecule has 4 aliphatic rings. The van der Waals surface area contributed by atoms with Gasteiger partial charge in [0.05, 0.1) is 27.1 Å². The van der Waals surface area contributed by atoms with Crippen LogP contribution in [0.5, 0.6) is 11.5 Å². The quantitative estimate of drug-likeness (QED) is 0.769. The molecule has 150 valence electrons. The fraction of sp³-hybridized carbons (Fsp3) is 0.583. The topological polar surface area (TPSA) is 30.9 Å². The predicted octanol–water partition coefficient (Wildman–Crippen LogP) is 4.09. The molecule has 3 aliphatic carbocycles. The summed E-state index contributed by atoms with van der Waals surface area (Å²) in [6.07, 6.45) is 9.51. The highest BCUT2D eigenvalue weighted by atomic mass is 16.5. The van der Waals surface area contributed by atoms with Gasteiger partial charge in [-0.2, -0.15) is 0 Å². The molecule has 3 atom stereocenters. The number of piperidine rings is 1. The van der Waals surface area contributed by atoms with Crippen LogP contribution in [0.3, 0.4) is 0 Å². The number of hydrogen-bond donors (Lipinski definition) is 0. The standard InChI is InChI=1S/C24H31NO3/c1-15-20(26-2)10-8-18-19-13-17-7-9-21(27-3)23(28-4)22(17)24(15,18)11-12-25(19)14-16-5-6-16/h7-10,15-16,19H,5-6,11-14H2,1-4H3/t15?,19-,24+/m1/s1. The largest absolute Gasteiger partial charge is 0.501 e. The van der Waals surface area contributed by atoms with Crippen molar-refractivity contribution in [3.05, 3.63) is 46.7 Å². The molecule has 28 heavy (non-hydrogen) atoms. The van der Waals surface area contributed by atoms with E-state index in [0.29, 0.717) is 6.04 Å². The SMILES string of the molecule is COC1=CC=C2[C@H]3Cc4ccc(OC)c(OC)c4[C@@]2(CCN3CC2CC2)C1C. The van der Waals surface area contributed by atoms with Crippen molar-refractivity contribution in [1.29, 1.82) is 0 Å². The van der Waals surface area contributed by atoms with E-state index in [-0.39, 0.29) is 11.3 Å². The van der Waals surface area contributed by atoms with Gasteiger partial charge in [-0.05, 0) is 61.4 Å². The van der Waals surface area contributed by atoms with Crippen LogP contribution >= 0.6 is 0 Å². The van der Waals surface area contributed by atoms with Gasteiger partial charge < -0.3 is 14.2 Å². The summed E-state index contributed by atoms with van der Waals surface area (Å²) < 4.78 is 17.5. The maximum atomic E-state index is 5.96. The molecule has 2 fully saturated rings. The second kappa shape index (κ2) is 6.55. The molecular formula is C24H31NO3. The average molecular weight is 382 g/mol. The minimum atomic E-state index is -0.0712. The van der Waals surface area contributed by atoms with Crippen molar-refractivity contribution in [3.63, 3.8) is 0 Å². The third-order valence-corrected chi connectivity index (χ3v) is 7.62. The van der Waals surface area contributed by atoms with Crippen LogP contribution in [0.4, 0.5) is 0 Å². The number of rotatable bonds is 5. The molecule has 1 aliphatic heterocycles. The summed E-state index contributed by atoms with van der Waals surface area (Å²) in [4.78, 5) is 2.75. The molecule has 1 saturated carbocycles. The van der Waals surface area contributed by atoms with E-state index in [0.717, 1.165) is 42.6 Å². The molecule has 1 unspecified atom stereocenters. The van der Waals surface area contributed by atoms with Gasteiger partial charge in [0.1, 0.15) is 0 Å².